The van der Waals surface area contributed by atoms with Crippen molar-refractivity contribution in [2.75, 3.05) is 18.5 Å². The molecule has 7 nitrogen and oxygen atoms in total. The third kappa shape index (κ3) is 4.91. The molecule has 178 valence electrons. The Morgan fingerprint density at radius 1 is 1.12 bits per heavy atom. The average molecular weight is 499 g/mol. The molecule has 0 aliphatic carbocycles. The molecule has 2 aromatic carbocycles. The predicted octanol–water partition coefficient (Wildman–Crippen LogP) is 4.69. The molecule has 1 fully saturated rings. The Hall–Kier alpha value is -3.01. The fourth-order valence-corrected chi connectivity index (χ4v) is 6.60. The molecule has 1 amide bonds. The molecule has 1 unspecified atom stereocenters. The molecular weight excluding hydrogens is 472 g/mol. The van der Waals surface area contributed by atoms with Crippen LogP contribution in [0.25, 0.3) is 10.4 Å². The van der Waals surface area contributed by atoms with Crippen molar-refractivity contribution in [1.82, 2.24) is 4.31 Å². The molecule has 3 aromatic rings. The number of anilines is 1. The first-order valence-corrected chi connectivity index (χ1v) is 13.3. The smallest absolute Gasteiger partial charge is 0.350 e. The van der Waals surface area contributed by atoms with E-state index in [1.54, 1.807) is 37.3 Å². The van der Waals surface area contributed by atoms with Gasteiger partial charge in [0.25, 0.3) is 0 Å². The fraction of sp³-hybridized carbons (Fsp3) is 0.280. The minimum atomic E-state index is -3.83. The lowest BCUT2D eigenvalue weighted by molar-refractivity contribution is -0.119. The van der Waals surface area contributed by atoms with Crippen molar-refractivity contribution in [2.45, 2.75) is 37.6 Å². The number of benzene rings is 2. The fourth-order valence-electron chi connectivity index (χ4n) is 3.93. The number of carbonyl (C=O) groups excluding carboxylic acids is 2. The molecule has 2 heterocycles. The highest BCUT2D eigenvalue weighted by Crippen LogP contribution is 2.36. The molecule has 1 saturated heterocycles. The van der Waals surface area contributed by atoms with Crippen molar-refractivity contribution in [3.63, 3.8) is 0 Å². The van der Waals surface area contributed by atoms with E-state index in [4.69, 9.17) is 4.74 Å². The van der Waals surface area contributed by atoms with Crippen LogP contribution in [0.3, 0.4) is 0 Å². The number of aryl methyl sites for hydroxylation is 1. The summed E-state index contributed by atoms with van der Waals surface area (Å²) in [5, 5.41) is 2.81. The van der Waals surface area contributed by atoms with Crippen LogP contribution >= 0.6 is 11.3 Å². The third-order valence-electron chi connectivity index (χ3n) is 5.64. The molecule has 1 aliphatic rings. The summed E-state index contributed by atoms with van der Waals surface area (Å²) in [6, 6.07) is 17.0. The van der Waals surface area contributed by atoms with Crippen LogP contribution in [-0.4, -0.2) is 43.8 Å². The summed E-state index contributed by atoms with van der Waals surface area (Å²) in [5.74, 6) is -0.989. The quantitative estimate of drug-likeness (QED) is 0.477. The Morgan fingerprint density at radius 2 is 1.82 bits per heavy atom. The number of esters is 1. The first-order valence-electron chi connectivity index (χ1n) is 11.1. The van der Waals surface area contributed by atoms with Crippen LogP contribution in [0.15, 0.2) is 65.6 Å². The maximum atomic E-state index is 13.3. The van der Waals surface area contributed by atoms with E-state index in [2.05, 4.69) is 5.32 Å². The SMILES string of the molecule is CCOC(=O)c1sc(-c2ccccc2)cc1NC(=O)C1CCCN1S(=O)(=O)c1ccc(C)cc1. The second-order valence-corrected chi connectivity index (χ2v) is 11.0. The normalized spacial score (nSPS) is 16.4. The number of nitrogens with one attached hydrogen (secondary N) is 1. The predicted molar refractivity (Wildman–Crippen MR) is 132 cm³/mol. The highest BCUT2D eigenvalue weighted by atomic mass is 32.2. The van der Waals surface area contributed by atoms with E-state index < -0.39 is 27.9 Å². The lowest BCUT2D eigenvalue weighted by Gasteiger charge is -2.23. The summed E-state index contributed by atoms with van der Waals surface area (Å²) in [5.41, 5.74) is 2.18. The van der Waals surface area contributed by atoms with Crippen LogP contribution in [0.5, 0.6) is 0 Å². The zero-order valence-corrected chi connectivity index (χ0v) is 20.6. The van der Waals surface area contributed by atoms with E-state index in [1.165, 1.54) is 15.6 Å². The van der Waals surface area contributed by atoms with Gasteiger partial charge in [0.15, 0.2) is 0 Å². The number of thiophene rings is 1. The van der Waals surface area contributed by atoms with Crippen LogP contribution < -0.4 is 5.32 Å². The van der Waals surface area contributed by atoms with Gasteiger partial charge in [0.05, 0.1) is 17.2 Å². The van der Waals surface area contributed by atoms with Crippen LogP contribution in [0.4, 0.5) is 5.69 Å². The monoisotopic (exact) mass is 498 g/mol. The van der Waals surface area contributed by atoms with E-state index in [9.17, 15) is 18.0 Å². The third-order valence-corrected chi connectivity index (χ3v) is 8.73. The second-order valence-electron chi connectivity index (χ2n) is 8.02. The van der Waals surface area contributed by atoms with E-state index in [-0.39, 0.29) is 22.9 Å². The van der Waals surface area contributed by atoms with E-state index in [1.807, 2.05) is 37.3 Å². The maximum absolute atomic E-state index is 13.3. The van der Waals surface area contributed by atoms with E-state index >= 15 is 0 Å². The van der Waals surface area contributed by atoms with Crippen LogP contribution in [0.2, 0.25) is 0 Å². The zero-order chi connectivity index (χ0) is 24.3. The van der Waals surface area contributed by atoms with Gasteiger partial charge in [-0.25, -0.2) is 13.2 Å². The maximum Gasteiger partial charge on any atom is 0.350 e. The lowest BCUT2D eigenvalue weighted by atomic mass is 10.2. The molecule has 0 bridgehead atoms. The highest BCUT2D eigenvalue weighted by molar-refractivity contribution is 7.89. The summed E-state index contributed by atoms with van der Waals surface area (Å²) in [4.78, 5) is 27.1. The second kappa shape index (κ2) is 10.1. The minimum absolute atomic E-state index is 0.159. The number of hydrogen-bond acceptors (Lipinski definition) is 6. The van der Waals surface area contributed by atoms with Gasteiger partial charge in [-0.1, -0.05) is 48.0 Å². The van der Waals surface area contributed by atoms with Crippen LogP contribution in [-0.2, 0) is 19.6 Å². The molecule has 0 radical (unpaired) electrons. The topological polar surface area (TPSA) is 92.8 Å². The number of ether oxygens (including phenoxy) is 1. The minimum Gasteiger partial charge on any atom is -0.462 e. The molecule has 1 aliphatic heterocycles. The van der Waals surface area contributed by atoms with Crippen LogP contribution in [0.1, 0.15) is 35.0 Å². The number of carbonyl (C=O) groups is 2. The number of nitrogens with zero attached hydrogens (tertiary/aromatic N) is 1. The number of rotatable bonds is 7. The van der Waals surface area contributed by atoms with Gasteiger partial charge in [0.2, 0.25) is 15.9 Å². The summed E-state index contributed by atoms with van der Waals surface area (Å²) in [6.45, 7) is 4.07. The first kappa shape index (κ1) is 24.1. The van der Waals surface area contributed by atoms with Gasteiger partial charge in [-0.3, -0.25) is 4.79 Å². The van der Waals surface area contributed by atoms with Crippen molar-refractivity contribution in [3.8, 4) is 10.4 Å². The number of sulfonamides is 1. The summed E-state index contributed by atoms with van der Waals surface area (Å²) in [6.07, 6.45) is 0.980. The molecule has 9 heteroatoms. The Balaban J connectivity index is 1.61. The summed E-state index contributed by atoms with van der Waals surface area (Å²) < 4.78 is 32.9. The van der Waals surface area contributed by atoms with Gasteiger partial charge >= 0.3 is 5.97 Å². The van der Waals surface area contributed by atoms with Gasteiger partial charge in [-0.05, 0) is 50.5 Å². The largest absolute Gasteiger partial charge is 0.462 e. The van der Waals surface area contributed by atoms with Gasteiger partial charge < -0.3 is 10.1 Å². The molecule has 1 aromatic heterocycles. The molecule has 0 saturated carbocycles. The molecular formula is C25H26N2O5S2. The number of hydrogen-bond donors (Lipinski definition) is 1. The van der Waals surface area contributed by atoms with Crippen LogP contribution in [0, 0.1) is 6.92 Å². The van der Waals surface area contributed by atoms with Crippen molar-refractivity contribution >= 4 is 38.9 Å². The van der Waals surface area contributed by atoms with E-state index in [0.29, 0.717) is 18.5 Å². The number of amides is 1. The Bertz CT molecular complexity index is 1280. The van der Waals surface area contributed by atoms with Gasteiger partial charge in [0, 0.05) is 11.4 Å². The Kier molecular flexibility index (Phi) is 7.16. The van der Waals surface area contributed by atoms with E-state index in [0.717, 1.165) is 16.0 Å². The van der Waals surface area contributed by atoms with Crippen molar-refractivity contribution < 1.29 is 22.7 Å². The first-order chi connectivity index (χ1) is 16.3. The highest BCUT2D eigenvalue weighted by Gasteiger charge is 2.40. The van der Waals surface area contributed by atoms with Gasteiger partial charge in [-0.15, -0.1) is 11.3 Å². The molecule has 0 spiro atoms. The molecule has 1 atom stereocenters. The zero-order valence-electron chi connectivity index (χ0n) is 19.0. The Morgan fingerprint density at radius 3 is 2.50 bits per heavy atom. The molecule has 4 rings (SSSR count). The Labute approximate surface area is 203 Å². The van der Waals surface area contributed by atoms with Crippen molar-refractivity contribution in [2.24, 2.45) is 0 Å². The average Bonchev–Trinajstić information content (AvgIpc) is 3.48. The molecule has 1 N–H and O–H groups in total. The molecule has 34 heavy (non-hydrogen) atoms. The summed E-state index contributed by atoms with van der Waals surface area (Å²) >= 11 is 1.23. The van der Waals surface area contributed by atoms with Gasteiger partial charge in [0.1, 0.15) is 10.9 Å². The summed E-state index contributed by atoms with van der Waals surface area (Å²) in [7, 11) is -3.83. The lowest BCUT2D eigenvalue weighted by Crippen LogP contribution is -2.43. The van der Waals surface area contributed by atoms with Crippen molar-refractivity contribution in [1.29, 1.82) is 0 Å². The van der Waals surface area contributed by atoms with Crippen molar-refractivity contribution in [3.05, 3.63) is 71.1 Å². The standard InChI is InChI=1S/C25H26N2O5S2/c1-3-32-25(29)23-20(16-22(33-23)18-8-5-4-6-9-18)26-24(28)21-10-7-15-27(21)34(30,31)19-13-11-17(2)12-14-19/h4-6,8-9,11-14,16,21H,3,7,10,15H2,1-2H3,(H,26,28). The van der Waals surface area contributed by atoms with Gasteiger partial charge in [-0.2, -0.15) is 4.31 Å².